The fourth-order valence-corrected chi connectivity index (χ4v) is 6.22. The summed E-state index contributed by atoms with van der Waals surface area (Å²) in [5.74, 6) is 1.36. The zero-order valence-electron chi connectivity index (χ0n) is 19.7. The molecule has 5 nitrogen and oxygen atoms in total. The van der Waals surface area contributed by atoms with Gasteiger partial charge >= 0.3 is 6.09 Å². The molecule has 1 aromatic heterocycles. The van der Waals surface area contributed by atoms with E-state index in [1.807, 2.05) is 11.6 Å². The Balaban J connectivity index is 1.40. The van der Waals surface area contributed by atoms with E-state index in [1.165, 1.54) is 29.1 Å². The highest BCUT2D eigenvalue weighted by molar-refractivity contribution is 7.09. The summed E-state index contributed by atoms with van der Waals surface area (Å²) in [5.41, 5.74) is 2.91. The SMILES string of the molecule is CC(C)(C)C1CC(C2CCN(C(=O)O)CC2)CCN1c1ccc(CCc2nccs2)cc1. The summed E-state index contributed by atoms with van der Waals surface area (Å²) >= 11 is 1.73. The van der Waals surface area contributed by atoms with Gasteiger partial charge in [-0.1, -0.05) is 32.9 Å². The first-order valence-corrected chi connectivity index (χ1v) is 12.9. The minimum atomic E-state index is -0.763. The van der Waals surface area contributed by atoms with Gasteiger partial charge in [0.15, 0.2) is 0 Å². The molecule has 0 aliphatic carbocycles. The van der Waals surface area contributed by atoms with Gasteiger partial charge in [0.1, 0.15) is 0 Å². The molecule has 2 aliphatic rings. The Labute approximate surface area is 196 Å². The van der Waals surface area contributed by atoms with E-state index in [4.69, 9.17) is 0 Å². The number of anilines is 1. The van der Waals surface area contributed by atoms with E-state index in [0.29, 0.717) is 31.0 Å². The molecule has 0 bridgehead atoms. The van der Waals surface area contributed by atoms with Crippen LogP contribution in [-0.2, 0) is 12.8 Å². The van der Waals surface area contributed by atoms with Crippen LogP contribution in [0.15, 0.2) is 35.8 Å². The quantitative estimate of drug-likeness (QED) is 0.605. The number of nitrogens with zero attached hydrogens (tertiary/aromatic N) is 3. The fourth-order valence-electron chi connectivity index (χ4n) is 5.59. The lowest BCUT2D eigenvalue weighted by Gasteiger charge is -2.49. The minimum Gasteiger partial charge on any atom is -0.465 e. The average Bonchev–Trinajstić information content (AvgIpc) is 3.31. The van der Waals surface area contributed by atoms with Crippen molar-refractivity contribution in [1.82, 2.24) is 9.88 Å². The van der Waals surface area contributed by atoms with Crippen LogP contribution in [0.4, 0.5) is 10.5 Å². The van der Waals surface area contributed by atoms with Crippen LogP contribution in [0.3, 0.4) is 0 Å². The number of carbonyl (C=O) groups is 1. The Morgan fingerprint density at radius 2 is 1.75 bits per heavy atom. The number of benzene rings is 1. The molecular weight excluding hydrogens is 418 g/mol. The standard InChI is InChI=1S/C26H37N3O2S/c1-26(2,3)23-18-21(20-10-14-28(15-11-20)25(30)31)12-16-29(23)22-7-4-19(5-8-22)6-9-24-27-13-17-32-24/h4-5,7-8,13,17,20-21,23H,6,9-12,14-16,18H2,1-3H3,(H,30,31). The second kappa shape index (κ2) is 9.82. The number of thiazole rings is 1. The average molecular weight is 456 g/mol. The predicted molar refractivity (Wildman–Crippen MR) is 132 cm³/mol. The van der Waals surface area contributed by atoms with Crippen molar-refractivity contribution in [2.75, 3.05) is 24.5 Å². The zero-order chi connectivity index (χ0) is 22.7. The molecule has 1 N–H and O–H groups in total. The van der Waals surface area contributed by atoms with Crippen molar-refractivity contribution >= 4 is 23.1 Å². The molecule has 2 atom stereocenters. The number of rotatable bonds is 5. The summed E-state index contributed by atoms with van der Waals surface area (Å²) in [4.78, 5) is 19.9. The third-order valence-corrected chi connectivity index (χ3v) is 8.34. The van der Waals surface area contributed by atoms with E-state index in [2.05, 4.69) is 54.9 Å². The Hall–Kier alpha value is -2.08. The second-order valence-electron chi connectivity index (χ2n) is 10.6. The van der Waals surface area contributed by atoms with E-state index >= 15 is 0 Å². The lowest BCUT2D eigenvalue weighted by molar-refractivity contribution is 0.0959. The minimum absolute atomic E-state index is 0.198. The van der Waals surface area contributed by atoms with Crippen molar-refractivity contribution in [2.45, 2.75) is 65.3 Å². The highest BCUT2D eigenvalue weighted by Gasteiger charge is 2.39. The van der Waals surface area contributed by atoms with Gasteiger partial charge in [0, 0.05) is 49.4 Å². The van der Waals surface area contributed by atoms with Crippen LogP contribution in [0.5, 0.6) is 0 Å². The largest absolute Gasteiger partial charge is 0.465 e. The van der Waals surface area contributed by atoms with Gasteiger partial charge in [0.2, 0.25) is 0 Å². The Bertz CT molecular complexity index is 867. The molecule has 2 aliphatic heterocycles. The smallest absolute Gasteiger partial charge is 0.407 e. The number of hydrogen-bond acceptors (Lipinski definition) is 4. The van der Waals surface area contributed by atoms with Crippen LogP contribution < -0.4 is 4.90 Å². The Kier molecular flexibility index (Phi) is 7.08. The van der Waals surface area contributed by atoms with Gasteiger partial charge in [-0.2, -0.15) is 0 Å². The maximum atomic E-state index is 11.3. The highest BCUT2D eigenvalue weighted by atomic mass is 32.1. The normalized spacial score (nSPS) is 22.8. The van der Waals surface area contributed by atoms with Crippen molar-refractivity contribution in [1.29, 1.82) is 0 Å². The van der Waals surface area contributed by atoms with Gasteiger partial charge in [-0.3, -0.25) is 0 Å². The molecule has 0 radical (unpaired) electrons. The number of likely N-dealkylation sites (tertiary alicyclic amines) is 1. The molecule has 6 heteroatoms. The number of piperidine rings is 2. The van der Waals surface area contributed by atoms with Crippen molar-refractivity contribution in [3.63, 3.8) is 0 Å². The van der Waals surface area contributed by atoms with E-state index in [9.17, 15) is 9.90 Å². The Morgan fingerprint density at radius 1 is 1.06 bits per heavy atom. The van der Waals surface area contributed by atoms with E-state index in [1.54, 1.807) is 16.2 Å². The third kappa shape index (κ3) is 5.45. The predicted octanol–water partition coefficient (Wildman–Crippen LogP) is 5.95. The number of aryl methyl sites for hydroxylation is 2. The first-order chi connectivity index (χ1) is 15.3. The monoisotopic (exact) mass is 455 g/mol. The van der Waals surface area contributed by atoms with Crippen LogP contribution in [-0.4, -0.2) is 46.8 Å². The summed E-state index contributed by atoms with van der Waals surface area (Å²) in [7, 11) is 0. The van der Waals surface area contributed by atoms with E-state index in [-0.39, 0.29) is 5.41 Å². The number of amides is 1. The van der Waals surface area contributed by atoms with Crippen LogP contribution in [0.1, 0.15) is 57.0 Å². The van der Waals surface area contributed by atoms with Crippen LogP contribution in [0.25, 0.3) is 0 Å². The van der Waals surface area contributed by atoms with Gasteiger partial charge in [0.25, 0.3) is 0 Å². The molecular formula is C26H37N3O2S. The molecule has 32 heavy (non-hydrogen) atoms. The van der Waals surface area contributed by atoms with E-state index in [0.717, 1.165) is 32.2 Å². The first-order valence-electron chi connectivity index (χ1n) is 12.0. The zero-order valence-corrected chi connectivity index (χ0v) is 20.5. The van der Waals surface area contributed by atoms with Crippen molar-refractivity contribution in [3.8, 4) is 0 Å². The number of carboxylic acid groups (broad SMARTS) is 1. The maximum Gasteiger partial charge on any atom is 0.407 e. The Morgan fingerprint density at radius 3 is 2.34 bits per heavy atom. The molecule has 3 heterocycles. The number of hydrogen-bond donors (Lipinski definition) is 1. The molecule has 0 saturated carbocycles. The van der Waals surface area contributed by atoms with Crippen LogP contribution in [0.2, 0.25) is 0 Å². The summed E-state index contributed by atoms with van der Waals surface area (Å²) in [5, 5.41) is 12.5. The molecule has 2 fully saturated rings. The second-order valence-corrected chi connectivity index (χ2v) is 11.5. The molecule has 0 spiro atoms. The molecule has 1 amide bonds. The first kappa shape index (κ1) is 23.1. The van der Waals surface area contributed by atoms with Crippen LogP contribution in [0, 0.1) is 17.3 Å². The molecule has 4 rings (SSSR count). The van der Waals surface area contributed by atoms with Gasteiger partial charge in [-0.05, 0) is 67.1 Å². The molecule has 1 aromatic carbocycles. The van der Waals surface area contributed by atoms with Crippen molar-refractivity contribution in [2.24, 2.45) is 17.3 Å². The third-order valence-electron chi connectivity index (χ3n) is 7.50. The molecule has 174 valence electrons. The topological polar surface area (TPSA) is 56.7 Å². The van der Waals surface area contributed by atoms with Gasteiger partial charge < -0.3 is 14.9 Å². The van der Waals surface area contributed by atoms with Crippen LogP contribution >= 0.6 is 11.3 Å². The molecule has 2 unspecified atom stereocenters. The van der Waals surface area contributed by atoms with Gasteiger partial charge in [-0.15, -0.1) is 11.3 Å². The summed E-state index contributed by atoms with van der Waals surface area (Å²) < 4.78 is 0. The molecule has 2 aromatic rings. The number of aromatic nitrogens is 1. The lowest BCUT2D eigenvalue weighted by Crippen LogP contribution is -2.51. The fraction of sp³-hybridized carbons (Fsp3) is 0.615. The summed E-state index contributed by atoms with van der Waals surface area (Å²) in [6.45, 7) is 9.57. The van der Waals surface area contributed by atoms with Gasteiger partial charge in [-0.25, -0.2) is 9.78 Å². The van der Waals surface area contributed by atoms with Gasteiger partial charge in [0.05, 0.1) is 5.01 Å². The molecule has 2 saturated heterocycles. The highest BCUT2D eigenvalue weighted by Crippen LogP contribution is 2.42. The summed E-state index contributed by atoms with van der Waals surface area (Å²) in [6.07, 6.45) is 7.60. The maximum absolute atomic E-state index is 11.3. The van der Waals surface area contributed by atoms with Crippen molar-refractivity contribution in [3.05, 3.63) is 46.4 Å². The lowest BCUT2D eigenvalue weighted by atomic mass is 9.71. The van der Waals surface area contributed by atoms with E-state index < -0.39 is 6.09 Å². The van der Waals surface area contributed by atoms with Crippen molar-refractivity contribution < 1.29 is 9.90 Å². The summed E-state index contributed by atoms with van der Waals surface area (Å²) in [6, 6.07) is 9.69.